The number of methoxy groups -OCH3 is 1. The van der Waals surface area contributed by atoms with E-state index in [4.69, 9.17) is 9.84 Å². The van der Waals surface area contributed by atoms with E-state index < -0.39 is 5.97 Å². The molecule has 1 aliphatic rings. The van der Waals surface area contributed by atoms with Crippen LogP contribution in [0.2, 0.25) is 0 Å². The zero-order chi connectivity index (χ0) is 19.1. The van der Waals surface area contributed by atoms with Crippen molar-refractivity contribution >= 4 is 12.0 Å². The van der Waals surface area contributed by atoms with Gasteiger partial charge in [-0.1, -0.05) is 42.5 Å². The van der Waals surface area contributed by atoms with Gasteiger partial charge in [0.15, 0.2) is 0 Å². The van der Waals surface area contributed by atoms with Crippen molar-refractivity contribution < 1.29 is 14.6 Å². The van der Waals surface area contributed by atoms with Crippen LogP contribution in [0.15, 0.2) is 48.5 Å². The van der Waals surface area contributed by atoms with Crippen LogP contribution in [0.5, 0.6) is 5.75 Å². The van der Waals surface area contributed by atoms with Crippen molar-refractivity contribution in [2.45, 2.75) is 32.2 Å². The summed E-state index contributed by atoms with van der Waals surface area (Å²) in [6.07, 6.45) is 7.24. The van der Waals surface area contributed by atoms with E-state index in [1.165, 1.54) is 11.1 Å². The highest BCUT2D eigenvalue weighted by molar-refractivity contribution is 5.67. The third-order valence-corrected chi connectivity index (χ3v) is 5.01. The minimum Gasteiger partial charge on any atom is -0.497 e. The van der Waals surface area contributed by atoms with E-state index >= 15 is 0 Å². The van der Waals surface area contributed by atoms with E-state index in [0.717, 1.165) is 49.4 Å². The molecular weight excluding hydrogens is 338 g/mol. The molecule has 1 N–H and O–H groups in total. The summed E-state index contributed by atoms with van der Waals surface area (Å²) in [6.45, 7) is 3.07. The number of aliphatic carboxylic acids is 1. The van der Waals surface area contributed by atoms with Crippen LogP contribution < -0.4 is 4.74 Å². The highest BCUT2D eigenvalue weighted by Gasteiger charge is 2.16. The standard InChI is InChI=1S/C23H27NO3/c1-27-22-7-4-6-18(16-22)5-2-3-13-24-14-12-20-15-19(9-11-23(25)26)8-10-21(20)17-24/h2,4-8,10,15-16H,3,9,11-14,17H2,1H3,(H,25,26)/b5-2+. The average molecular weight is 365 g/mol. The normalized spacial score (nSPS) is 14.3. The molecule has 1 aliphatic heterocycles. The van der Waals surface area contributed by atoms with Crippen LogP contribution >= 0.6 is 0 Å². The predicted octanol–water partition coefficient (Wildman–Crippen LogP) is 4.17. The molecule has 2 aromatic rings. The summed E-state index contributed by atoms with van der Waals surface area (Å²) in [4.78, 5) is 13.2. The van der Waals surface area contributed by atoms with Crippen molar-refractivity contribution in [1.82, 2.24) is 4.90 Å². The molecule has 142 valence electrons. The first kappa shape index (κ1) is 19.2. The van der Waals surface area contributed by atoms with E-state index in [-0.39, 0.29) is 6.42 Å². The second-order valence-corrected chi connectivity index (χ2v) is 6.99. The van der Waals surface area contributed by atoms with Gasteiger partial charge in [0.05, 0.1) is 7.11 Å². The molecule has 0 bridgehead atoms. The van der Waals surface area contributed by atoms with Gasteiger partial charge in [0.25, 0.3) is 0 Å². The maximum Gasteiger partial charge on any atom is 0.303 e. The van der Waals surface area contributed by atoms with Gasteiger partial charge in [0.2, 0.25) is 0 Å². The highest BCUT2D eigenvalue weighted by Crippen LogP contribution is 2.21. The first-order valence-electron chi connectivity index (χ1n) is 9.49. The Labute approximate surface area is 161 Å². The Morgan fingerprint density at radius 2 is 2.11 bits per heavy atom. The van der Waals surface area contributed by atoms with Crippen molar-refractivity contribution in [2.75, 3.05) is 20.2 Å². The van der Waals surface area contributed by atoms with Crippen LogP contribution in [-0.2, 0) is 24.2 Å². The van der Waals surface area contributed by atoms with Crippen LogP contribution in [0.3, 0.4) is 0 Å². The van der Waals surface area contributed by atoms with Gasteiger partial charge in [-0.05, 0) is 53.6 Å². The number of benzene rings is 2. The number of rotatable bonds is 8. The molecule has 3 rings (SSSR count). The monoisotopic (exact) mass is 365 g/mol. The van der Waals surface area contributed by atoms with Crippen LogP contribution in [0.1, 0.15) is 35.1 Å². The fraction of sp³-hybridized carbons (Fsp3) is 0.348. The van der Waals surface area contributed by atoms with Crippen LogP contribution in [-0.4, -0.2) is 36.2 Å². The van der Waals surface area contributed by atoms with Crippen molar-refractivity contribution in [2.24, 2.45) is 0 Å². The average Bonchev–Trinajstić information content (AvgIpc) is 2.69. The Morgan fingerprint density at radius 1 is 1.22 bits per heavy atom. The van der Waals surface area contributed by atoms with Gasteiger partial charge in [0, 0.05) is 26.1 Å². The molecule has 0 aromatic heterocycles. The van der Waals surface area contributed by atoms with Crippen molar-refractivity contribution in [3.63, 3.8) is 0 Å². The van der Waals surface area contributed by atoms with Crippen LogP contribution in [0.4, 0.5) is 0 Å². The second-order valence-electron chi connectivity index (χ2n) is 6.99. The summed E-state index contributed by atoms with van der Waals surface area (Å²) < 4.78 is 5.25. The van der Waals surface area contributed by atoms with Gasteiger partial charge in [0.1, 0.15) is 5.75 Å². The summed E-state index contributed by atoms with van der Waals surface area (Å²) in [7, 11) is 1.69. The minimum absolute atomic E-state index is 0.199. The molecule has 0 atom stereocenters. The fourth-order valence-electron chi connectivity index (χ4n) is 3.48. The molecule has 0 spiro atoms. The van der Waals surface area contributed by atoms with E-state index in [0.29, 0.717) is 6.42 Å². The Kier molecular flexibility index (Phi) is 6.66. The Bertz CT molecular complexity index is 813. The van der Waals surface area contributed by atoms with E-state index in [1.807, 2.05) is 18.2 Å². The number of hydrogen-bond acceptors (Lipinski definition) is 3. The maximum absolute atomic E-state index is 10.7. The maximum atomic E-state index is 10.7. The van der Waals surface area contributed by atoms with Crippen LogP contribution in [0.25, 0.3) is 6.08 Å². The highest BCUT2D eigenvalue weighted by atomic mass is 16.5. The second kappa shape index (κ2) is 9.38. The summed E-state index contributed by atoms with van der Waals surface area (Å²) in [5, 5.41) is 8.83. The Balaban J connectivity index is 1.49. The number of carboxylic acid groups (broad SMARTS) is 1. The molecule has 0 unspecified atom stereocenters. The number of ether oxygens (including phenoxy) is 1. The number of nitrogens with zero attached hydrogens (tertiary/aromatic N) is 1. The number of aryl methyl sites for hydroxylation is 1. The fourth-order valence-corrected chi connectivity index (χ4v) is 3.48. The number of carboxylic acids is 1. The van der Waals surface area contributed by atoms with Gasteiger partial charge in [-0.3, -0.25) is 9.69 Å². The molecule has 4 nitrogen and oxygen atoms in total. The first-order valence-corrected chi connectivity index (χ1v) is 9.49. The molecule has 0 amide bonds. The summed E-state index contributed by atoms with van der Waals surface area (Å²) >= 11 is 0. The van der Waals surface area contributed by atoms with Crippen molar-refractivity contribution in [1.29, 1.82) is 0 Å². The summed E-state index contributed by atoms with van der Waals surface area (Å²) in [5.41, 5.74) is 5.04. The molecule has 0 saturated carbocycles. The molecule has 0 saturated heterocycles. The van der Waals surface area contributed by atoms with Crippen LogP contribution in [0, 0.1) is 0 Å². The zero-order valence-corrected chi connectivity index (χ0v) is 15.9. The third-order valence-electron chi connectivity index (χ3n) is 5.01. The minimum atomic E-state index is -0.735. The third kappa shape index (κ3) is 5.69. The molecule has 2 aromatic carbocycles. The van der Waals surface area contributed by atoms with Gasteiger partial charge >= 0.3 is 5.97 Å². The quantitative estimate of drug-likeness (QED) is 0.763. The smallest absolute Gasteiger partial charge is 0.303 e. The molecular formula is C23H27NO3. The lowest BCUT2D eigenvalue weighted by Crippen LogP contribution is -2.31. The van der Waals surface area contributed by atoms with Crippen molar-refractivity contribution in [3.8, 4) is 5.75 Å². The predicted molar refractivity (Wildman–Crippen MR) is 108 cm³/mol. The van der Waals surface area contributed by atoms with E-state index in [9.17, 15) is 4.79 Å². The van der Waals surface area contributed by atoms with Gasteiger partial charge in [-0.25, -0.2) is 0 Å². The molecule has 0 radical (unpaired) electrons. The van der Waals surface area contributed by atoms with E-state index in [2.05, 4.69) is 41.3 Å². The first-order chi connectivity index (χ1) is 13.1. The van der Waals surface area contributed by atoms with E-state index in [1.54, 1.807) is 7.11 Å². The lowest BCUT2D eigenvalue weighted by Gasteiger charge is -2.28. The van der Waals surface area contributed by atoms with Gasteiger partial charge in [-0.15, -0.1) is 0 Å². The SMILES string of the molecule is COc1cccc(/C=C/CCN2CCc3cc(CCC(=O)O)ccc3C2)c1. The molecule has 27 heavy (non-hydrogen) atoms. The number of fused-ring (bicyclic) bond motifs is 1. The zero-order valence-electron chi connectivity index (χ0n) is 15.9. The summed E-state index contributed by atoms with van der Waals surface area (Å²) in [5.74, 6) is 0.147. The number of carbonyl (C=O) groups is 1. The number of hydrogen-bond donors (Lipinski definition) is 1. The molecule has 0 aliphatic carbocycles. The molecule has 1 heterocycles. The van der Waals surface area contributed by atoms with Crippen molar-refractivity contribution in [3.05, 3.63) is 70.8 Å². The topological polar surface area (TPSA) is 49.8 Å². The molecule has 4 heteroatoms. The Morgan fingerprint density at radius 3 is 2.93 bits per heavy atom. The molecule has 0 fully saturated rings. The van der Waals surface area contributed by atoms with Gasteiger partial charge in [-0.2, -0.15) is 0 Å². The lowest BCUT2D eigenvalue weighted by atomic mass is 9.95. The Hall–Kier alpha value is -2.59. The largest absolute Gasteiger partial charge is 0.497 e. The lowest BCUT2D eigenvalue weighted by molar-refractivity contribution is -0.136. The summed E-state index contributed by atoms with van der Waals surface area (Å²) in [6, 6.07) is 14.5. The van der Waals surface area contributed by atoms with Gasteiger partial charge < -0.3 is 9.84 Å².